The average Bonchev–Trinajstić information content (AvgIpc) is 2.68. The standard InChI is InChI=1S/C14H18Cl2N2/c1-9(2)10(3)18-12-6-4-5-11(16)14(12)17-13(18)7-8-15/h4-6,9-10H,7-8H2,1-3H3. The molecule has 0 aliphatic carbocycles. The summed E-state index contributed by atoms with van der Waals surface area (Å²) in [6, 6.07) is 6.31. The molecule has 0 fully saturated rings. The Morgan fingerprint density at radius 1 is 1.28 bits per heavy atom. The summed E-state index contributed by atoms with van der Waals surface area (Å²) in [6.45, 7) is 6.64. The third-order valence-corrected chi connectivity index (χ3v) is 3.93. The lowest BCUT2D eigenvalue weighted by molar-refractivity contribution is 0.407. The van der Waals surface area contributed by atoms with Crippen LogP contribution in [0.2, 0.25) is 5.02 Å². The highest BCUT2D eigenvalue weighted by Crippen LogP contribution is 2.29. The van der Waals surface area contributed by atoms with E-state index in [0.29, 0.717) is 22.9 Å². The smallest absolute Gasteiger partial charge is 0.111 e. The molecule has 4 heteroatoms. The summed E-state index contributed by atoms with van der Waals surface area (Å²) < 4.78 is 2.27. The predicted octanol–water partition coefficient (Wildman–Crippen LogP) is 4.69. The first-order valence-electron chi connectivity index (χ1n) is 6.27. The van der Waals surface area contributed by atoms with Crippen molar-refractivity contribution in [2.24, 2.45) is 5.92 Å². The van der Waals surface area contributed by atoms with Crippen molar-refractivity contribution in [2.45, 2.75) is 33.2 Å². The van der Waals surface area contributed by atoms with Gasteiger partial charge in [0.25, 0.3) is 0 Å². The molecule has 0 aliphatic heterocycles. The largest absolute Gasteiger partial charge is 0.325 e. The van der Waals surface area contributed by atoms with Gasteiger partial charge in [0.1, 0.15) is 11.3 Å². The van der Waals surface area contributed by atoms with Crippen molar-refractivity contribution >= 4 is 34.2 Å². The van der Waals surface area contributed by atoms with E-state index in [9.17, 15) is 0 Å². The lowest BCUT2D eigenvalue weighted by Gasteiger charge is -2.21. The Labute approximate surface area is 118 Å². The number of fused-ring (bicyclic) bond motifs is 1. The van der Waals surface area contributed by atoms with E-state index in [0.717, 1.165) is 23.3 Å². The Kier molecular flexibility index (Phi) is 4.18. The molecule has 2 aromatic rings. The summed E-state index contributed by atoms with van der Waals surface area (Å²) in [4.78, 5) is 4.65. The van der Waals surface area contributed by atoms with Crippen molar-refractivity contribution in [3.8, 4) is 0 Å². The van der Waals surface area contributed by atoms with Gasteiger partial charge in [-0.25, -0.2) is 4.98 Å². The van der Waals surface area contributed by atoms with Gasteiger partial charge >= 0.3 is 0 Å². The molecule has 0 N–H and O–H groups in total. The van der Waals surface area contributed by atoms with Crippen LogP contribution in [0.15, 0.2) is 18.2 Å². The second-order valence-electron chi connectivity index (χ2n) is 4.93. The van der Waals surface area contributed by atoms with Crippen LogP contribution < -0.4 is 0 Å². The maximum absolute atomic E-state index is 6.22. The van der Waals surface area contributed by atoms with Gasteiger partial charge in [-0.05, 0) is 25.0 Å². The summed E-state index contributed by atoms with van der Waals surface area (Å²) in [5.74, 6) is 2.14. The van der Waals surface area contributed by atoms with Crippen LogP contribution in [0.3, 0.4) is 0 Å². The van der Waals surface area contributed by atoms with E-state index in [4.69, 9.17) is 23.2 Å². The second-order valence-corrected chi connectivity index (χ2v) is 5.71. The number of imidazole rings is 1. The summed E-state index contributed by atoms with van der Waals surface area (Å²) in [7, 11) is 0. The highest BCUT2D eigenvalue weighted by atomic mass is 35.5. The fourth-order valence-electron chi connectivity index (χ4n) is 2.14. The molecule has 0 saturated carbocycles. The molecule has 2 rings (SSSR count). The molecule has 0 aliphatic rings. The number of hydrogen-bond donors (Lipinski definition) is 0. The van der Waals surface area contributed by atoms with Crippen LogP contribution in [0.5, 0.6) is 0 Å². The Hall–Kier alpha value is -0.730. The van der Waals surface area contributed by atoms with E-state index in [-0.39, 0.29) is 0 Å². The SMILES string of the molecule is CC(C)C(C)n1c(CCCl)nc2c(Cl)cccc21. The molecule has 98 valence electrons. The molecule has 1 aromatic heterocycles. The summed E-state index contributed by atoms with van der Waals surface area (Å²) in [5.41, 5.74) is 1.98. The number of alkyl halides is 1. The van der Waals surface area contributed by atoms with Crippen LogP contribution in [-0.2, 0) is 6.42 Å². The zero-order chi connectivity index (χ0) is 13.3. The van der Waals surface area contributed by atoms with Crippen LogP contribution in [0.1, 0.15) is 32.6 Å². The predicted molar refractivity (Wildman–Crippen MR) is 78.7 cm³/mol. The number of aromatic nitrogens is 2. The Bertz CT molecular complexity index is 546. The first-order chi connectivity index (χ1) is 8.56. The Balaban J connectivity index is 2.66. The van der Waals surface area contributed by atoms with Crippen LogP contribution in [0.25, 0.3) is 11.0 Å². The molecule has 0 radical (unpaired) electrons. The maximum atomic E-state index is 6.22. The third kappa shape index (κ3) is 2.36. The van der Waals surface area contributed by atoms with Gasteiger partial charge < -0.3 is 4.57 Å². The zero-order valence-corrected chi connectivity index (χ0v) is 12.5. The van der Waals surface area contributed by atoms with Crippen LogP contribution in [0, 0.1) is 5.92 Å². The van der Waals surface area contributed by atoms with E-state index in [1.54, 1.807) is 0 Å². The molecule has 0 spiro atoms. The fraction of sp³-hybridized carbons (Fsp3) is 0.500. The zero-order valence-electron chi connectivity index (χ0n) is 11.0. The minimum Gasteiger partial charge on any atom is -0.325 e. The molecule has 2 nitrogen and oxygen atoms in total. The van der Waals surface area contributed by atoms with Gasteiger partial charge in [0.2, 0.25) is 0 Å². The van der Waals surface area contributed by atoms with Crippen molar-refractivity contribution in [1.82, 2.24) is 9.55 Å². The van der Waals surface area contributed by atoms with Crippen molar-refractivity contribution < 1.29 is 0 Å². The van der Waals surface area contributed by atoms with Crippen molar-refractivity contribution in [2.75, 3.05) is 5.88 Å². The number of nitrogens with zero attached hydrogens (tertiary/aromatic N) is 2. The van der Waals surface area contributed by atoms with Crippen molar-refractivity contribution in [1.29, 1.82) is 0 Å². The minimum absolute atomic E-state index is 0.381. The van der Waals surface area contributed by atoms with Gasteiger partial charge in [0.15, 0.2) is 0 Å². The molecule has 1 unspecified atom stereocenters. The average molecular weight is 285 g/mol. The van der Waals surface area contributed by atoms with Gasteiger partial charge in [-0.2, -0.15) is 0 Å². The van der Waals surface area contributed by atoms with E-state index < -0.39 is 0 Å². The number of benzene rings is 1. The molecular weight excluding hydrogens is 267 g/mol. The van der Waals surface area contributed by atoms with Gasteiger partial charge in [0, 0.05) is 18.3 Å². The molecule has 0 bridgehead atoms. The summed E-state index contributed by atoms with van der Waals surface area (Å²) in [6.07, 6.45) is 0.767. The first-order valence-corrected chi connectivity index (χ1v) is 7.18. The van der Waals surface area contributed by atoms with E-state index in [1.807, 2.05) is 12.1 Å². The number of para-hydroxylation sites is 1. The summed E-state index contributed by atoms with van der Waals surface area (Å²) in [5, 5.41) is 0.707. The van der Waals surface area contributed by atoms with E-state index in [2.05, 4.69) is 36.4 Å². The van der Waals surface area contributed by atoms with E-state index in [1.165, 1.54) is 0 Å². The van der Waals surface area contributed by atoms with Gasteiger partial charge in [-0.1, -0.05) is 31.5 Å². The Morgan fingerprint density at radius 2 is 2.00 bits per heavy atom. The topological polar surface area (TPSA) is 17.8 Å². The van der Waals surface area contributed by atoms with Crippen molar-refractivity contribution in [3.05, 3.63) is 29.0 Å². The molecule has 1 aromatic carbocycles. The van der Waals surface area contributed by atoms with Crippen molar-refractivity contribution in [3.63, 3.8) is 0 Å². The number of halogens is 2. The minimum atomic E-state index is 0.381. The highest BCUT2D eigenvalue weighted by Gasteiger charge is 2.18. The van der Waals surface area contributed by atoms with Crippen LogP contribution >= 0.6 is 23.2 Å². The number of aryl methyl sites for hydroxylation is 1. The molecule has 1 heterocycles. The molecule has 0 amide bonds. The first kappa shape index (κ1) is 13.7. The van der Waals surface area contributed by atoms with Gasteiger partial charge in [0.05, 0.1) is 10.5 Å². The van der Waals surface area contributed by atoms with Gasteiger partial charge in [-0.3, -0.25) is 0 Å². The lowest BCUT2D eigenvalue weighted by Crippen LogP contribution is -2.14. The molecule has 1 atom stereocenters. The highest BCUT2D eigenvalue weighted by molar-refractivity contribution is 6.34. The Morgan fingerprint density at radius 3 is 2.61 bits per heavy atom. The maximum Gasteiger partial charge on any atom is 0.111 e. The van der Waals surface area contributed by atoms with Gasteiger partial charge in [-0.15, -0.1) is 11.6 Å². The third-order valence-electron chi connectivity index (χ3n) is 3.43. The summed E-state index contributed by atoms with van der Waals surface area (Å²) >= 11 is 12.1. The van der Waals surface area contributed by atoms with Crippen LogP contribution in [-0.4, -0.2) is 15.4 Å². The molecule has 0 saturated heterocycles. The molecule has 18 heavy (non-hydrogen) atoms. The monoisotopic (exact) mass is 284 g/mol. The quantitative estimate of drug-likeness (QED) is 0.745. The van der Waals surface area contributed by atoms with E-state index >= 15 is 0 Å². The normalized spacial score (nSPS) is 13.4. The number of rotatable bonds is 4. The van der Waals surface area contributed by atoms with Crippen LogP contribution in [0.4, 0.5) is 0 Å². The lowest BCUT2D eigenvalue weighted by atomic mass is 10.1. The number of hydrogen-bond acceptors (Lipinski definition) is 1. The fourth-order valence-corrected chi connectivity index (χ4v) is 2.53. The second kappa shape index (κ2) is 5.50. The molecular formula is C14H18Cl2N2.